The molecule has 0 atom stereocenters. The highest BCUT2D eigenvalue weighted by Crippen LogP contribution is 2.40. The lowest BCUT2D eigenvalue weighted by Gasteiger charge is -2.02. The third-order valence-corrected chi connectivity index (χ3v) is 2.53. The third-order valence-electron chi connectivity index (χ3n) is 1.03. The van der Waals surface area contributed by atoms with Gasteiger partial charge in [-0.05, 0) is 0 Å². The minimum atomic E-state index is -1.56. The van der Waals surface area contributed by atoms with Crippen LogP contribution in [0.2, 0.25) is 0 Å². The molecular weight excluding hydrogens is 356 g/mol. The molecule has 1 heterocycles. The molecule has 12 heavy (non-hydrogen) atoms. The molecule has 0 amide bonds. The van der Waals surface area contributed by atoms with Crippen LogP contribution in [0.25, 0.3) is 0 Å². The Morgan fingerprint density at radius 1 is 1.42 bits per heavy atom. The van der Waals surface area contributed by atoms with E-state index in [1.807, 2.05) is 0 Å². The highest BCUT2D eigenvalue weighted by Gasteiger charge is 2.29. The molecule has 0 spiro atoms. The molecule has 0 unspecified atom stereocenters. The van der Waals surface area contributed by atoms with Crippen molar-refractivity contribution in [1.82, 2.24) is 5.16 Å². The van der Waals surface area contributed by atoms with Gasteiger partial charge in [-0.25, -0.2) is 0 Å². The van der Waals surface area contributed by atoms with Crippen LogP contribution in [0.3, 0.4) is 0 Å². The summed E-state index contributed by atoms with van der Waals surface area (Å²) in [7, 11) is 0. The molecule has 1 rings (SSSR count). The fourth-order valence-corrected chi connectivity index (χ4v) is 1.22. The van der Waals surface area contributed by atoms with E-state index >= 15 is 0 Å². The molecule has 0 radical (unpaired) electrons. The minimum absolute atomic E-state index is 0.102. The standard InChI is InChI=1S/C5H2Br2Cl3NO/c6-4(7)2-1-3(12-11-2)5(8,9)10/h1,4H. The lowest BCUT2D eigenvalue weighted by atomic mass is 10.4. The fraction of sp³-hybridized carbons (Fsp3) is 0.400. The maximum atomic E-state index is 5.54. The van der Waals surface area contributed by atoms with Gasteiger partial charge in [0.05, 0.1) is 0 Å². The van der Waals surface area contributed by atoms with Crippen molar-refractivity contribution >= 4 is 66.7 Å². The van der Waals surface area contributed by atoms with Gasteiger partial charge >= 0.3 is 0 Å². The summed E-state index contributed by atoms with van der Waals surface area (Å²) in [6.45, 7) is 0. The van der Waals surface area contributed by atoms with Crippen molar-refractivity contribution in [2.45, 2.75) is 7.53 Å². The number of nitrogens with zero attached hydrogens (tertiary/aromatic N) is 1. The zero-order valence-corrected chi connectivity index (χ0v) is 10.8. The van der Waals surface area contributed by atoms with Crippen molar-refractivity contribution in [3.63, 3.8) is 0 Å². The summed E-state index contributed by atoms with van der Waals surface area (Å²) in [5, 5.41) is 3.66. The van der Waals surface area contributed by atoms with Gasteiger partial charge in [-0.2, -0.15) is 0 Å². The van der Waals surface area contributed by atoms with Gasteiger partial charge in [0.25, 0.3) is 3.79 Å². The summed E-state index contributed by atoms with van der Waals surface area (Å²) < 4.78 is 3.13. The quantitative estimate of drug-likeness (QED) is 0.700. The molecule has 1 aromatic heterocycles. The Kier molecular flexibility index (Phi) is 3.75. The number of halogens is 5. The summed E-state index contributed by atoms with van der Waals surface area (Å²) in [4.78, 5) is 0. The summed E-state index contributed by atoms with van der Waals surface area (Å²) in [5.74, 6) is 0.200. The molecule has 0 saturated heterocycles. The second-order valence-corrected chi connectivity index (χ2v) is 7.26. The van der Waals surface area contributed by atoms with E-state index in [-0.39, 0.29) is 9.50 Å². The van der Waals surface area contributed by atoms with E-state index in [1.54, 1.807) is 6.07 Å². The van der Waals surface area contributed by atoms with Gasteiger partial charge in [-0.15, -0.1) is 0 Å². The molecule has 0 aliphatic rings. The summed E-state index contributed by atoms with van der Waals surface area (Å²) >= 11 is 23.1. The molecule has 0 fully saturated rings. The maximum Gasteiger partial charge on any atom is 0.250 e. The summed E-state index contributed by atoms with van der Waals surface area (Å²) in [6, 6.07) is 1.56. The summed E-state index contributed by atoms with van der Waals surface area (Å²) in [6.07, 6.45) is 0. The van der Waals surface area contributed by atoms with Crippen LogP contribution in [-0.4, -0.2) is 5.16 Å². The molecular formula is C5H2Br2Cl3NO. The van der Waals surface area contributed by atoms with Gasteiger partial charge in [0.15, 0.2) is 5.76 Å². The first-order valence-electron chi connectivity index (χ1n) is 2.73. The normalized spacial score (nSPS) is 12.5. The van der Waals surface area contributed by atoms with E-state index in [1.165, 1.54) is 0 Å². The van der Waals surface area contributed by atoms with Gasteiger partial charge in [-0.1, -0.05) is 71.8 Å². The average molecular weight is 358 g/mol. The van der Waals surface area contributed by atoms with Crippen molar-refractivity contribution in [2.75, 3.05) is 0 Å². The second-order valence-electron chi connectivity index (χ2n) is 1.91. The Balaban J connectivity index is 2.92. The smallest absolute Gasteiger partial charge is 0.250 e. The number of hydrogen-bond acceptors (Lipinski definition) is 2. The third kappa shape index (κ3) is 2.77. The molecule has 0 saturated carbocycles. The lowest BCUT2D eigenvalue weighted by Crippen LogP contribution is -1.96. The van der Waals surface area contributed by atoms with Gasteiger partial charge in [0.1, 0.15) is 9.43 Å². The highest BCUT2D eigenvalue weighted by atomic mass is 79.9. The average Bonchev–Trinajstić information content (AvgIpc) is 2.30. The van der Waals surface area contributed by atoms with Crippen molar-refractivity contribution in [3.8, 4) is 0 Å². The van der Waals surface area contributed by atoms with Gasteiger partial charge in [0, 0.05) is 6.07 Å². The van der Waals surface area contributed by atoms with Crippen LogP contribution in [0.4, 0.5) is 0 Å². The number of alkyl halides is 5. The number of aromatic nitrogens is 1. The van der Waals surface area contributed by atoms with Crippen molar-refractivity contribution in [3.05, 3.63) is 17.5 Å². The Hall–Kier alpha value is 1.04. The monoisotopic (exact) mass is 355 g/mol. The van der Waals surface area contributed by atoms with Crippen LogP contribution >= 0.6 is 66.7 Å². The molecule has 0 aromatic carbocycles. The van der Waals surface area contributed by atoms with E-state index in [4.69, 9.17) is 39.3 Å². The molecule has 0 aliphatic heterocycles. The Bertz CT molecular complexity index is 270. The van der Waals surface area contributed by atoms with Crippen molar-refractivity contribution < 1.29 is 4.52 Å². The van der Waals surface area contributed by atoms with Gasteiger partial charge < -0.3 is 4.52 Å². The van der Waals surface area contributed by atoms with Gasteiger partial charge in [0.2, 0.25) is 0 Å². The van der Waals surface area contributed by atoms with Crippen LogP contribution in [-0.2, 0) is 3.79 Å². The molecule has 68 valence electrons. The van der Waals surface area contributed by atoms with Crippen LogP contribution in [0, 0.1) is 0 Å². The lowest BCUT2D eigenvalue weighted by molar-refractivity contribution is 0.383. The van der Waals surface area contributed by atoms with Crippen molar-refractivity contribution in [2.24, 2.45) is 0 Å². The van der Waals surface area contributed by atoms with E-state index < -0.39 is 3.79 Å². The van der Waals surface area contributed by atoms with E-state index in [0.29, 0.717) is 5.69 Å². The molecule has 1 aromatic rings. The van der Waals surface area contributed by atoms with Crippen LogP contribution < -0.4 is 0 Å². The number of hydrogen-bond donors (Lipinski definition) is 0. The Morgan fingerprint density at radius 3 is 2.25 bits per heavy atom. The predicted octanol–water partition coefficient (Wildman–Crippen LogP) is 4.29. The highest BCUT2D eigenvalue weighted by molar-refractivity contribution is 9.24. The first kappa shape index (κ1) is 11.1. The minimum Gasteiger partial charge on any atom is -0.356 e. The Labute approximate surface area is 101 Å². The SMILES string of the molecule is ClC(Cl)(Cl)c1cc(C(Br)Br)no1. The Morgan fingerprint density at radius 2 is 2.00 bits per heavy atom. The van der Waals surface area contributed by atoms with Crippen LogP contribution in [0.5, 0.6) is 0 Å². The predicted molar refractivity (Wildman–Crippen MR) is 56.3 cm³/mol. The van der Waals surface area contributed by atoms with Gasteiger partial charge in [-0.3, -0.25) is 0 Å². The zero-order chi connectivity index (χ0) is 9.35. The first-order valence-corrected chi connectivity index (χ1v) is 5.69. The van der Waals surface area contributed by atoms with E-state index in [2.05, 4.69) is 37.0 Å². The number of rotatable bonds is 1. The van der Waals surface area contributed by atoms with Crippen molar-refractivity contribution in [1.29, 1.82) is 0 Å². The zero-order valence-electron chi connectivity index (χ0n) is 5.40. The molecule has 7 heteroatoms. The largest absolute Gasteiger partial charge is 0.356 e. The fourth-order valence-electron chi connectivity index (χ4n) is 0.525. The molecule has 0 N–H and O–H groups in total. The van der Waals surface area contributed by atoms with Crippen LogP contribution in [0.1, 0.15) is 15.2 Å². The topological polar surface area (TPSA) is 26.0 Å². The van der Waals surface area contributed by atoms with E-state index in [0.717, 1.165) is 0 Å². The molecule has 0 aliphatic carbocycles. The van der Waals surface area contributed by atoms with E-state index in [9.17, 15) is 0 Å². The maximum absolute atomic E-state index is 5.54. The first-order chi connectivity index (χ1) is 5.41. The molecule has 2 nitrogen and oxygen atoms in total. The molecule has 0 bridgehead atoms. The second kappa shape index (κ2) is 4.05. The summed E-state index contributed by atoms with van der Waals surface area (Å²) in [5.41, 5.74) is 0.622. The van der Waals surface area contributed by atoms with Crippen LogP contribution in [0.15, 0.2) is 10.6 Å².